The molecule has 0 aliphatic carbocycles. The van der Waals surface area contributed by atoms with Gasteiger partial charge in [0.25, 0.3) is 0 Å². The topological polar surface area (TPSA) is 137 Å². The minimum Gasteiger partial charge on any atom is -0.505 e. The summed E-state index contributed by atoms with van der Waals surface area (Å²) in [5, 5.41) is 45.1. The van der Waals surface area contributed by atoms with Crippen molar-refractivity contribution < 1.29 is 39.8 Å². The largest absolute Gasteiger partial charge is 0.505 e. The average Bonchev–Trinajstić information content (AvgIpc) is 2.58. The number of hydrogen-bond donors (Lipinski definition) is 5. The van der Waals surface area contributed by atoms with E-state index in [1.807, 2.05) is 0 Å². The minimum atomic E-state index is -1.12. The Balaban J connectivity index is 0.000000251. The zero-order chi connectivity index (χ0) is 19.3. The van der Waals surface area contributed by atoms with E-state index in [2.05, 4.69) is 0 Å². The van der Waals surface area contributed by atoms with Crippen LogP contribution in [0.5, 0.6) is 5.75 Å². The van der Waals surface area contributed by atoms with E-state index in [4.69, 9.17) is 42.9 Å². The van der Waals surface area contributed by atoms with Gasteiger partial charge < -0.3 is 35.0 Å². The van der Waals surface area contributed by atoms with Crippen LogP contribution in [-0.4, -0.2) is 69.8 Å². The predicted octanol–water partition coefficient (Wildman–Crippen LogP) is 1.17. The third kappa shape index (κ3) is 5.42. The number of aromatic carboxylic acids is 1. The number of hydrogen-bond acceptors (Lipinski definition) is 7. The lowest BCUT2D eigenvalue weighted by atomic mass is 10.0. The molecule has 1 aliphatic rings. The summed E-state index contributed by atoms with van der Waals surface area (Å²) in [6.45, 7) is 1.18. The van der Waals surface area contributed by atoms with Gasteiger partial charge in [-0.1, -0.05) is 23.2 Å². The molecule has 1 fully saturated rings. The highest BCUT2D eigenvalue weighted by Gasteiger charge is 2.36. The van der Waals surface area contributed by atoms with Crippen molar-refractivity contribution in [1.29, 1.82) is 0 Å². The van der Waals surface area contributed by atoms with E-state index in [0.29, 0.717) is 5.56 Å². The molecule has 25 heavy (non-hydrogen) atoms. The summed E-state index contributed by atoms with van der Waals surface area (Å²) < 4.78 is 9.92. The van der Waals surface area contributed by atoms with E-state index in [-0.39, 0.29) is 34.4 Å². The van der Waals surface area contributed by atoms with Crippen molar-refractivity contribution in [3.05, 3.63) is 27.2 Å². The summed E-state index contributed by atoms with van der Waals surface area (Å²) in [6, 6.07) is 1.17. The SMILES string of the molecule is CO[C@@H]1CC(O)[C@H](O)C(CO)O1.Cc1c(C(=O)O)cc(Cl)c(O)c1Cl. The van der Waals surface area contributed by atoms with Gasteiger partial charge in [0, 0.05) is 13.5 Å². The molecular weight excluding hydrogens is 379 g/mol. The van der Waals surface area contributed by atoms with Crippen LogP contribution in [0.2, 0.25) is 10.0 Å². The van der Waals surface area contributed by atoms with Gasteiger partial charge in [-0.3, -0.25) is 0 Å². The third-order valence-corrected chi connectivity index (χ3v) is 4.40. The number of aromatic hydroxyl groups is 1. The molecule has 142 valence electrons. The van der Waals surface area contributed by atoms with Gasteiger partial charge in [-0.15, -0.1) is 0 Å². The number of phenols is 1. The number of rotatable bonds is 3. The second-order valence-electron chi connectivity index (χ2n) is 5.31. The molecule has 5 N–H and O–H groups in total. The number of phenolic OH excluding ortho intramolecular Hbond substituents is 1. The van der Waals surface area contributed by atoms with E-state index in [0.717, 1.165) is 0 Å². The van der Waals surface area contributed by atoms with Crippen LogP contribution in [-0.2, 0) is 9.47 Å². The molecule has 2 unspecified atom stereocenters. The first kappa shape index (κ1) is 21.9. The summed E-state index contributed by atoms with van der Waals surface area (Å²) in [4.78, 5) is 10.6. The minimum absolute atomic E-state index is 0.00667. The van der Waals surface area contributed by atoms with Crippen LogP contribution in [0.3, 0.4) is 0 Å². The van der Waals surface area contributed by atoms with Gasteiger partial charge in [0.15, 0.2) is 12.0 Å². The lowest BCUT2D eigenvalue weighted by Crippen LogP contribution is -2.50. The van der Waals surface area contributed by atoms with Crippen molar-refractivity contribution in [1.82, 2.24) is 0 Å². The van der Waals surface area contributed by atoms with Gasteiger partial charge in [0.2, 0.25) is 0 Å². The Kier molecular flexibility index (Phi) is 8.36. The molecule has 0 bridgehead atoms. The highest BCUT2D eigenvalue weighted by Crippen LogP contribution is 2.36. The summed E-state index contributed by atoms with van der Waals surface area (Å²) in [5.74, 6) is -1.41. The number of halogens is 2. The van der Waals surface area contributed by atoms with E-state index in [1.54, 1.807) is 0 Å². The van der Waals surface area contributed by atoms with Gasteiger partial charge in [-0.05, 0) is 18.6 Å². The van der Waals surface area contributed by atoms with E-state index >= 15 is 0 Å². The van der Waals surface area contributed by atoms with Gasteiger partial charge in [0.05, 0.1) is 28.3 Å². The molecule has 4 atom stereocenters. The maximum Gasteiger partial charge on any atom is 0.336 e. The van der Waals surface area contributed by atoms with Crippen LogP contribution in [0.25, 0.3) is 0 Å². The number of ether oxygens (including phenoxy) is 2. The molecule has 0 amide bonds. The first-order valence-electron chi connectivity index (χ1n) is 7.20. The van der Waals surface area contributed by atoms with Crippen LogP contribution >= 0.6 is 23.2 Å². The molecule has 0 radical (unpaired) electrons. The van der Waals surface area contributed by atoms with Crippen LogP contribution < -0.4 is 0 Å². The number of carbonyl (C=O) groups is 1. The molecule has 2 rings (SSSR count). The average molecular weight is 399 g/mol. The molecule has 10 heteroatoms. The number of carboxylic acids is 1. The van der Waals surface area contributed by atoms with Crippen molar-refractivity contribution >= 4 is 29.2 Å². The van der Waals surface area contributed by atoms with Crippen molar-refractivity contribution in [2.75, 3.05) is 13.7 Å². The van der Waals surface area contributed by atoms with E-state index in [1.165, 1.54) is 20.1 Å². The zero-order valence-corrected chi connectivity index (χ0v) is 15.0. The summed E-state index contributed by atoms with van der Waals surface area (Å²) in [7, 11) is 1.45. The monoisotopic (exact) mass is 398 g/mol. The zero-order valence-electron chi connectivity index (χ0n) is 13.5. The van der Waals surface area contributed by atoms with Gasteiger partial charge in [-0.2, -0.15) is 0 Å². The fourth-order valence-electron chi connectivity index (χ4n) is 2.14. The second-order valence-corrected chi connectivity index (χ2v) is 6.10. The number of benzene rings is 1. The Morgan fingerprint density at radius 2 is 2.00 bits per heavy atom. The molecule has 8 nitrogen and oxygen atoms in total. The Bertz CT molecular complexity index is 610. The number of aliphatic hydroxyl groups excluding tert-OH is 3. The van der Waals surface area contributed by atoms with Gasteiger partial charge in [0.1, 0.15) is 12.2 Å². The Labute approximate surface area is 154 Å². The van der Waals surface area contributed by atoms with Gasteiger partial charge >= 0.3 is 5.97 Å². The number of methoxy groups -OCH3 is 1. The maximum atomic E-state index is 10.6. The van der Waals surface area contributed by atoms with Gasteiger partial charge in [-0.25, -0.2) is 4.79 Å². The van der Waals surface area contributed by atoms with Crippen LogP contribution in [0, 0.1) is 6.92 Å². The number of aliphatic hydroxyl groups is 3. The molecule has 0 spiro atoms. The molecule has 1 heterocycles. The van der Waals surface area contributed by atoms with Crippen molar-refractivity contribution in [3.63, 3.8) is 0 Å². The smallest absolute Gasteiger partial charge is 0.336 e. The standard InChI is InChI=1S/C8H6Cl2O3.C7H14O5/c1-3-4(8(12)13)2-5(9)7(11)6(3)10;1-11-6-2-4(9)7(10)5(3-8)12-6/h2,11H,1H3,(H,12,13);4-10H,2-3H2,1H3/t;4?,5?,6-,7-/m.0/s1. The second kappa shape index (κ2) is 9.54. The summed E-state index contributed by atoms with van der Waals surface area (Å²) in [6.07, 6.45) is -2.98. The number of carboxylic acid groups (broad SMARTS) is 1. The summed E-state index contributed by atoms with van der Waals surface area (Å²) >= 11 is 11.2. The van der Waals surface area contributed by atoms with E-state index in [9.17, 15) is 20.1 Å². The molecule has 1 aliphatic heterocycles. The molecule has 1 aromatic carbocycles. The Morgan fingerprint density at radius 3 is 2.48 bits per heavy atom. The molecule has 0 saturated carbocycles. The lowest BCUT2D eigenvalue weighted by molar-refractivity contribution is -0.248. The highest BCUT2D eigenvalue weighted by atomic mass is 35.5. The first-order chi connectivity index (χ1) is 11.6. The van der Waals surface area contributed by atoms with E-state index < -0.39 is 30.6 Å². The van der Waals surface area contributed by atoms with Crippen molar-refractivity contribution in [2.45, 2.75) is 37.9 Å². The predicted molar refractivity (Wildman–Crippen MR) is 89.2 cm³/mol. The third-order valence-electron chi connectivity index (χ3n) is 3.65. The highest BCUT2D eigenvalue weighted by molar-refractivity contribution is 6.38. The first-order valence-corrected chi connectivity index (χ1v) is 7.95. The lowest BCUT2D eigenvalue weighted by Gasteiger charge is -2.35. The van der Waals surface area contributed by atoms with Crippen LogP contribution in [0.15, 0.2) is 6.07 Å². The quantitative estimate of drug-likeness (QED) is 0.511. The normalized spacial score (nSPS) is 25.9. The van der Waals surface area contributed by atoms with Crippen LogP contribution in [0.1, 0.15) is 22.3 Å². The molecule has 1 aromatic rings. The van der Waals surface area contributed by atoms with Crippen molar-refractivity contribution in [2.24, 2.45) is 0 Å². The molecule has 0 aromatic heterocycles. The fourth-order valence-corrected chi connectivity index (χ4v) is 2.60. The fraction of sp³-hybridized carbons (Fsp3) is 0.533. The molecular formula is C15H20Cl2O8. The maximum absolute atomic E-state index is 10.6. The Hall–Kier alpha value is -1.13. The van der Waals surface area contributed by atoms with Crippen LogP contribution in [0.4, 0.5) is 0 Å². The van der Waals surface area contributed by atoms with Crippen molar-refractivity contribution in [3.8, 4) is 5.75 Å². The Morgan fingerprint density at radius 1 is 1.40 bits per heavy atom. The summed E-state index contributed by atoms with van der Waals surface area (Å²) in [5.41, 5.74) is 0.295. The molecule has 1 saturated heterocycles.